The summed E-state index contributed by atoms with van der Waals surface area (Å²) in [4.78, 5) is 15.3. The highest BCUT2D eigenvalue weighted by atomic mass is 16.5. The quantitative estimate of drug-likeness (QED) is 0.427. The van der Waals surface area contributed by atoms with Crippen molar-refractivity contribution in [2.45, 2.75) is 89.8 Å². The summed E-state index contributed by atoms with van der Waals surface area (Å²) in [5.74, 6) is 7.25. The number of likely N-dealkylation sites (tertiary alicyclic amines) is 1. The number of carbonyl (C=O) groups is 1. The molecule has 1 spiro atoms. The monoisotopic (exact) mass is 541 g/mol. The fourth-order valence-corrected chi connectivity index (χ4v) is 9.09. The van der Waals surface area contributed by atoms with Crippen molar-refractivity contribution in [3.8, 4) is 23.3 Å². The Balaban J connectivity index is 1.26. The van der Waals surface area contributed by atoms with Gasteiger partial charge in [0.2, 0.25) is 0 Å². The van der Waals surface area contributed by atoms with Crippen LogP contribution in [0.25, 0.3) is 0 Å². The third-order valence-electron chi connectivity index (χ3n) is 11.8. The second kappa shape index (κ2) is 8.50. The van der Waals surface area contributed by atoms with Gasteiger partial charge < -0.3 is 14.7 Å². The molecule has 0 radical (unpaired) electrons. The smallest absolute Gasteiger partial charge is 0.298 e. The molecule has 1 amide bonds. The predicted octanol–water partition coefficient (Wildman–Crippen LogP) is 4.94. The zero-order valence-electron chi connectivity index (χ0n) is 24.4. The van der Waals surface area contributed by atoms with Gasteiger partial charge in [0.15, 0.2) is 11.5 Å². The van der Waals surface area contributed by atoms with E-state index in [0.29, 0.717) is 18.2 Å². The molecule has 6 atom stereocenters. The van der Waals surface area contributed by atoms with Crippen LogP contribution in [0, 0.1) is 43.9 Å². The van der Waals surface area contributed by atoms with E-state index < -0.39 is 0 Å². The number of piperidine rings is 1. The van der Waals surface area contributed by atoms with E-state index in [9.17, 15) is 15.1 Å². The molecule has 40 heavy (non-hydrogen) atoms. The number of hydrogen-bond donors (Lipinski definition) is 2. The van der Waals surface area contributed by atoms with Crippen molar-refractivity contribution in [1.29, 1.82) is 0 Å². The number of rotatable bonds is 3. The zero-order valence-corrected chi connectivity index (χ0v) is 24.4. The summed E-state index contributed by atoms with van der Waals surface area (Å²) in [6.45, 7) is 10.1. The van der Waals surface area contributed by atoms with Crippen LogP contribution in [0.2, 0.25) is 0 Å². The van der Waals surface area contributed by atoms with E-state index in [4.69, 9.17) is 4.74 Å². The van der Waals surface area contributed by atoms with E-state index in [2.05, 4.69) is 45.6 Å². The highest BCUT2D eigenvalue weighted by molar-refractivity contribution is 5.94. The Bertz CT molecular complexity index is 1500. The predicted molar refractivity (Wildman–Crippen MR) is 152 cm³/mol. The number of ether oxygens (including phenoxy) is 1. The van der Waals surface area contributed by atoms with Gasteiger partial charge in [-0.15, -0.1) is 0 Å². The maximum absolute atomic E-state index is 13.6. The van der Waals surface area contributed by atoms with Gasteiger partial charge >= 0.3 is 0 Å². The fraction of sp³-hybridized carbons (Fsp3) is 0.559. The maximum Gasteiger partial charge on any atom is 0.298 e. The summed E-state index contributed by atoms with van der Waals surface area (Å²) in [6, 6.07) is 7.74. The summed E-state index contributed by atoms with van der Waals surface area (Å²) >= 11 is 0. The SMILES string of the molecule is Cc1ccc(C#CC(=O)N(C)[C@@H]2CC[C@@]3(C)[C@@H]4Cc5ccc(O)c6c5[C@@]3(CC[N+]4(O)CC3CC3)[C@H]2O6)c(C)c1C. The summed E-state index contributed by atoms with van der Waals surface area (Å²) in [7, 11) is 1.85. The van der Waals surface area contributed by atoms with Crippen LogP contribution in [0.3, 0.4) is 0 Å². The van der Waals surface area contributed by atoms with Crippen LogP contribution in [-0.4, -0.2) is 64.1 Å². The molecular formula is C34H41N2O4+. The third kappa shape index (κ3) is 3.34. The number of aromatic hydroxyl groups is 1. The molecule has 3 fully saturated rings. The van der Waals surface area contributed by atoms with Crippen LogP contribution in [0.5, 0.6) is 11.5 Å². The first kappa shape index (κ1) is 25.9. The first-order valence-electron chi connectivity index (χ1n) is 15.0. The molecule has 2 bridgehead atoms. The Morgan fingerprint density at radius 1 is 1.12 bits per heavy atom. The molecule has 5 aliphatic rings. The second-order valence-electron chi connectivity index (χ2n) is 13.6. The number of phenolic OH excluding ortho intramolecular Hbond substituents is 1. The Kier molecular flexibility index (Phi) is 5.51. The molecule has 3 aliphatic carbocycles. The van der Waals surface area contributed by atoms with Crippen LogP contribution in [0.4, 0.5) is 0 Å². The molecule has 2 aromatic carbocycles. The Morgan fingerprint density at radius 3 is 2.65 bits per heavy atom. The third-order valence-corrected chi connectivity index (χ3v) is 11.8. The number of hydrogen-bond acceptors (Lipinski definition) is 4. The zero-order chi connectivity index (χ0) is 28.2. The van der Waals surface area contributed by atoms with Gasteiger partial charge in [-0.1, -0.05) is 25.0 Å². The summed E-state index contributed by atoms with van der Waals surface area (Å²) in [6.07, 6.45) is 5.39. The number of carbonyl (C=O) groups excluding carboxylic acids is 1. The lowest BCUT2D eigenvalue weighted by Crippen LogP contribution is -2.78. The Hall–Kier alpha value is -3.01. The van der Waals surface area contributed by atoms with Crippen molar-refractivity contribution >= 4 is 5.91 Å². The molecule has 2 heterocycles. The summed E-state index contributed by atoms with van der Waals surface area (Å²) in [5, 5.41) is 23.1. The van der Waals surface area contributed by atoms with Gasteiger partial charge in [-0.3, -0.25) is 4.79 Å². The minimum atomic E-state index is -0.358. The van der Waals surface area contributed by atoms with Gasteiger partial charge in [-0.2, -0.15) is 4.65 Å². The van der Waals surface area contributed by atoms with Crippen molar-refractivity contribution in [3.05, 3.63) is 57.6 Å². The highest BCUT2D eigenvalue weighted by Crippen LogP contribution is 2.70. The number of benzene rings is 2. The lowest BCUT2D eigenvalue weighted by atomic mass is 9.43. The summed E-state index contributed by atoms with van der Waals surface area (Å²) in [5.41, 5.74) is 6.18. The van der Waals surface area contributed by atoms with Crippen LogP contribution in [0.1, 0.15) is 72.4 Å². The number of nitrogens with zero attached hydrogens (tertiary/aromatic N) is 2. The van der Waals surface area contributed by atoms with Gasteiger partial charge in [0.25, 0.3) is 5.91 Å². The van der Waals surface area contributed by atoms with Gasteiger partial charge in [0.05, 0.1) is 11.5 Å². The molecule has 7 rings (SSSR count). The van der Waals surface area contributed by atoms with Crippen LogP contribution >= 0.6 is 0 Å². The average molecular weight is 542 g/mol. The van der Waals surface area contributed by atoms with E-state index in [0.717, 1.165) is 48.9 Å². The number of quaternary nitrogens is 1. The lowest BCUT2D eigenvalue weighted by molar-refractivity contribution is -1.13. The van der Waals surface area contributed by atoms with E-state index in [-0.39, 0.29) is 45.3 Å². The molecule has 6 nitrogen and oxygen atoms in total. The molecule has 1 saturated heterocycles. The molecule has 2 saturated carbocycles. The van der Waals surface area contributed by atoms with Gasteiger partial charge in [0.1, 0.15) is 25.2 Å². The molecule has 2 aromatic rings. The fourth-order valence-electron chi connectivity index (χ4n) is 9.09. The van der Waals surface area contributed by atoms with Crippen molar-refractivity contribution in [1.82, 2.24) is 4.90 Å². The van der Waals surface area contributed by atoms with Crippen molar-refractivity contribution < 1.29 is 24.5 Å². The number of phenols is 1. The molecular weight excluding hydrogens is 500 g/mol. The summed E-state index contributed by atoms with van der Waals surface area (Å²) < 4.78 is 6.89. The molecule has 0 aromatic heterocycles. The van der Waals surface area contributed by atoms with E-state index in [1.165, 1.54) is 29.5 Å². The topological polar surface area (TPSA) is 70.0 Å². The number of hydroxylamine groups is 3. The maximum atomic E-state index is 13.6. The minimum Gasteiger partial charge on any atom is -0.504 e. The molecule has 1 unspecified atom stereocenters. The van der Waals surface area contributed by atoms with Crippen LogP contribution in [0.15, 0.2) is 24.3 Å². The normalized spacial score (nSPS) is 34.8. The highest BCUT2D eigenvalue weighted by Gasteiger charge is 2.76. The number of likely N-dealkylation sites (N-methyl/N-ethyl adjacent to an activating group) is 1. The molecule has 210 valence electrons. The first-order valence-corrected chi connectivity index (χ1v) is 15.0. The standard InChI is InChI=1S/C34H40N2O4/c1-20-6-9-24(22(3)21(20)2)11-13-29(38)35(5)26-14-15-33(4)28-18-25-10-12-27(37)31-30(25)34(33,32(26)40-31)16-17-36(28,39)19-23-7-8-23/h6,9-10,12,23,26,28,32,39H,7-8,14-19H2,1-5H3/p+1/t26-,28+,32+,33+,34+,36?/m1/s1. The van der Waals surface area contributed by atoms with Crippen LogP contribution in [-0.2, 0) is 16.6 Å². The molecule has 2 aliphatic heterocycles. The van der Waals surface area contributed by atoms with Crippen molar-refractivity contribution in [2.24, 2.45) is 11.3 Å². The van der Waals surface area contributed by atoms with Crippen molar-refractivity contribution in [2.75, 3.05) is 20.1 Å². The average Bonchev–Trinajstić information content (AvgIpc) is 3.66. The Labute approximate surface area is 237 Å². The van der Waals surface area contributed by atoms with Crippen molar-refractivity contribution in [3.63, 3.8) is 0 Å². The Morgan fingerprint density at radius 2 is 1.90 bits per heavy atom. The number of aryl methyl sites for hydroxylation is 1. The molecule has 2 N–H and O–H groups in total. The first-order chi connectivity index (χ1) is 19.0. The second-order valence-corrected chi connectivity index (χ2v) is 13.6. The van der Waals surface area contributed by atoms with Crippen LogP contribution < -0.4 is 4.74 Å². The van der Waals surface area contributed by atoms with Gasteiger partial charge in [0, 0.05) is 48.3 Å². The number of amides is 1. The van der Waals surface area contributed by atoms with Gasteiger partial charge in [-0.05, 0) is 80.8 Å². The molecule has 6 heteroatoms. The van der Waals surface area contributed by atoms with E-state index >= 15 is 0 Å². The lowest BCUT2D eigenvalue weighted by Gasteiger charge is -2.65. The van der Waals surface area contributed by atoms with Gasteiger partial charge in [-0.25, -0.2) is 5.21 Å². The largest absolute Gasteiger partial charge is 0.504 e. The van der Waals surface area contributed by atoms with E-state index in [1.54, 1.807) is 11.0 Å². The van der Waals surface area contributed by atoms with E-state index in [1.807, 2.05) is 19.2 Å². The minimum absolute atomic E-state index is 0.0745.